The zero-order chi connectivity index (χ0) is 15.3. The molecular formula is C12H15N3O5. The van der Waals surface area contributed by atoms with Gasteiger partial charge in [0.2, 0.25) is 0 Å². The van der Waals surface area contributed by atoms with Crippen LogP contribution in [-0.2, 0) is 0 Å². The number of aromatic carboxylic acids is 1. The fourth-order valence-electron chi connectivity index (χ4n) is 1.51. The Balaban J connectivity index is 2.96. The Bertz CT molecular complexity index is 542. The molecule has 2 N–H and O–H groups in total. The first-order valence-electron chi connectivity index (χ1n) is 5.77. The topological polar surface area (TPSA) is 113 Å². The second-order valence-corrected chi connectivity index (χ2v) is 4.35. The van der Waals surface area contributed by atoms with Crippen molar-refractivity contribution in [2.24, 2.45) is 0 Å². The molecule has 0 unspecified atom stereocenters. The largest absolute Gasteiger partial charge is 0.478 e. The number of likely N-dealkylation sites (N-methyl/N-ethyl adjacent to an activating group) is 1. The minimum Gasteiger partial charge on any atom is -0.478 e. The molecule has 0 radical (unpaired) electrons. The molecular weight excluding hydrogens is 266 g/mol. The predicted octanol–water partition coefficient (Wildman–Crippen LogP) is 0.584. The Morgan fingerprint density at radius 2 is 2.00 bits per heavy atom. The minimum atomic E-state index is -1.38. The van der Waals surface area contributed by atoms with Gasteiger partial charge in [-0.25, -0.2) is 4.79 Å². The average molecular weight is 281 g/mol. The molecule has 20 heavy (non-hydrogen) atoms. The number of hydrogen-bond acceptors (Lipinski definition) is 5. The van der Waals surface area contributed by atoms with Crippen LogP contribution in [0.25, 0.3) is 0 Å². The molecule has 0 aliphatic heterocycles. The summed E-state index contributed by atoms with van der Waals surface area (Å²) in [4.78, 5) is 34.7. The van der Waals surface area contributed by atoms with Crippen molar-refractivity contribution in [1.82, 2.24) is 10.2 Å². The van der Waals surface area contributed by atoms with E-state index in [1.54, 1.807) is 0 Å². The summed E-state index contributed by atoms with van der Waals surface area (Å²) in [5.74, 6) is -1.95. The van der Waals surface area contributed by atoms with Gasteiger partial charge in [-0.3, -0.25) is 14.9 Å². The standard InChI is InChI=1S/C12H15N3O5/c1-14(2)6-5-13-11(16)9-4-3-8(15(19)20)7-10(9)12(17)18/h3-4,7H,5-6H2,1-2H3,(H,13,16)(H,17,18). The Hall–Kier alpha value is -2.48. The fraction of sp³-hybridized carbons (Fsp3) is 0.333. The number of nitro groups is 1. The van der Waals surface area contributed by atoms with E-state index in [0.29, 0.717) is 13.1 Å². The van der Waals surface area contributed by atoms with E-state index in [9.17, 15) is 19.7 Å². The molecule has 1 aromatic rings. The van der Waals surface area contributed by atoms with Gasteiger partial charge < -0.3 is 15.3 Å². The highest BCUT2D eigenvalue weighted by Gasteiger charge is 2.20. The smallest absolute Gasteiger partial charge is 0.336 e. The number of carboxylic acids is 1. The predicted molar refractivity (Wildman–Crippen MR) is 70.9 cm³/mol. The summed E-state index contributed by atoms with van der Waals surface area (Å²) in [6.45, 7) is 0.947. The average Bonchev–Trinajstić information content (AvgIpc) is 2.37. The molecule has 0 saturated carbocycles. The number of carbonyl (C=O) groups is 2. The van der Waals surface area contributed by atoms with Crippen LogP contribution in [0.1, 0.15) is 20.7 Å². The number of non-ortho nitro benzene ring substituents is 1. The van der Waals surface area contributed by atoms with Gasteiger partial charge in [-0.1, -0.05) is 0 Å². The van der Waals surface area contributed by atoms with Gasteiger partial charge >= 0.3 is 5.97 Å². The fourth-order valence-corrected chi connectivity index (χ4v) is 1.51. The Morgan fingerprint density at radius 1 is 1.35 bits per heavy atom. The first-order chi connectivity index (χ1) is 9.32. The molecule has 0 heterocycles. The van der Waals surface area contributed by atoms with E-state index in [0.717, 1.165) is 18.2 Å². The number of nitrogens with zero attached hydrogens (tertiary/aromatic N) is 2. The van der Waals surface area contributed by atoms with Crippen molar-refractivity contribution in [3.05, 3.63) is 39.4 Å². The van der Waals surface area contributed by atoms with Crippen molar-refractivity contribution in [2.75, 3.05) is 27.2 Å². The van der Waals surface area contributed by atoms with Gasteiger partial charge in [-0.05, 0) is 20.2 Å². The van der Waals surface area contributed by atoms with E-state index < -0.39 is 16.8 Å². The van der Waals surface area contributed by atoms with Crippen LogP contribution >= 0.6 is 0 Å². The van der Waals surface area contributed by atoms with Crippen molar-refractivity contribution in [1.29, 1.82) is 0 Å². The normalized spacial score (nSPS) is 10.3. The SMILES string of the molecule is CN(C)CCNC(=O)c1ccc([N+](=O)[O-])cc1C(=O)O. The highest BCUT2D eigenvalue weighted by atomic mass is 16.6. The van der Waals surface area contributed by atoms with Crippen molar-refractivity contribution in [3.8, 4) is 0 Å². The lowest BCUT2D eigenvalue weighted by atomic mass is 10.1. The van der Waals surface area contributed by atoms with Crippen molar-refractivity contribution in [3.63, 3.8) is 0 Å². The molecule has 0 aliphatic rings. The maximum absolute atomic E-state index is 11.9. The summed E-state index contributed by atoms with van der Waals surface area (Å²) in [5, 5.41) is 22.2. The van der Waals surface area contributed by atoms with Crippen LogP contribution in [-0.4, -0.2) is 54.0 Å². The van der Waals surface area contributed by atoms with E-state index >= 15 is 0 Å². The number of hydrogen-bond donors (Lipinski definition) is 2. The molecule has 1 aromatic carbocycles. The van der Waals surface area contributed by atoms with Gasteiger partial charge in [0.1, 0.15) is 0 Å². The summed E-state index contributed by atoms with van der Waals surface area (Å²) in [7, 11) is 3.67. The van der Waals surface area contributed by atoms with Crippen LogP contribution in [0.4, 0.5) is 5.69 Å². The van der Waals surface area contributed by atoms with Gasteiger partial charge in [0, 0.05) is 25.2 Å². The van der Waals surface area contributed by atoms with Crippen molar-refractivity contribution < 1.29 is 19.6 Å². The van der Waals surface area contributed by atoms with Gasteiger partial charge in [-0.15, -0.1) is 0 Å². The molecule has 0 fully saturated rings. The third-order valence-corrected chi connectivity index (χ3v) is 2.53. The van der Waals surface area contributed by atoms with Gasteiger partial charge in [0.25, 0.3) is 11.6 Å². The molecule has 1 amide bonds. The van der Waals surface area contributed by atoms with Crippen LogP contribution < -0.4 is 5.32 Å². The molecule has 8 nitrogen and oxygen atoms in total. The van der Waals surface area contributed by atoms with Crippen LogP contribution in [0.15, 0.2) is 18.2 Å². The van der Waals surface area contributed by atoms with Crippen molar-refractivity contribution >= 4 is 17.6 Å². The van der Waals surface area contributed by atoms with Gasteiger partial charge in [0.15, 0.2) is 0 Å². The second kappa shape index (κ2) is 6.62. The van der Waals surface area contributed by atoms with Gasteiger partial charge in [-0.2, -0.15) is 0 Å². The lowest BCUT2D eigenvalue weighted by Crippen LogP contribution is -2.32. The highest BCUT2D eigenvalue weighted by molar-refractivity contribution is 6.05. The van der Waals surface area contributed by atoms with E-state index in [1.165, 1.54) is 0 Å². The molecule has 0 spiro atoms. The quantitative estimate of drug-likeness (QED) is 0.582. The van der Waals surface area contributed by atoms with E-state index in [1.807, 2.05) is 19.0 Å². The lowest BCUT2D eigenvalue weighted by molar-refractivity contribution is -0.384. The first kappa shape index (κ1) is 15.6. The zero-order valence-corrected chi connectivity index (χ0v) is 11.1. The Kier molecular flexibility index (Phi) is 5.15. The summed E-state index contributed by atoms with van der Waals surface area (Å²) in [6, 6.07) is 3.13. The number of amides is 1. The summed E-state index contributed by atoms with van der Waals surface area (Å²) in [5.41, 5.74) is -0.851. The highest BCUT2D eigenvalue weighted by Crippen LogP contribution is 2.18. The maximum Gasteiger partial charge on any atom is 0.336 e. The summed E-state index contributed by atoms with van der Waals surface area (Å²) in [6.07, 6.45) is 0. The van der Waals surface area contributed by atoms with Crippen LogP contribution in [0.3, 0.4) is 0 Å². The molecule has 0 aromatic heterocycles. The molecule has 0 bridgehead atoms. The molecule has 8 heteroatoms. The minimum absolute atomic E-state index is 0.0955. The Morgan fingerprint density at radius 3 is 2.50 bits per heavy atom. The number of carbonyl (C=O) groups excluding carboxylic acids is 1. The molecule has 0 atom stereocenters. The number of nitrogens with one attached hydrogen (secondary N) is 1. The lowest BCUT2D eigenvalue weighted by Gasteiger charge is -2.11. The number of carboxylic acid groups (broad SMARTS) is 1. The number of rotatable bonds is 6. The molecule has 1 rings (SSSR count). The summed E-state index contributed by atoms with van der Waals surface area (Å²) < 4.78 is 0. The second-order valence-electron chi connectivity index (χ2n) is 4.35. The third-order valence-electron chi connectivity index (χ3n) is 2.53. The van der Waals surface area contributed by atoms with E-state index in [2.05, 4.69) is 5.32 Å². The van der Waals surface area contributed by atoms with Crippen LogP contribution in [0.5, 0.6) is 0 Å². The summed E-state index contributed by atoms with van der Waals surface area (Å²) >= 11 is 0. The zero-order valence-electron chi connectivity index (χ0n) is 11.1. The van der Waals surface area contributed by atoms with Crippen LogP contribution in [0.2, 0.25) is 0 Å². The molecule has 0 aliphatic carbocycles. The first-order valence-corrected chi connectivity index (χ1v) is 5.77. The van der Waals surface area contributed by atoms with Gasteiger partial charge in [0.05, 0.1) is 16.1 Å². The third kappa shape index (κ3) is 4.02. The number of nitro benzene ring substituents is 1. The van der Waals surface area contributed by atoms with Crippen molar-refractivity contribution in [2.45, 2.75) is 0 Å². The molecule has 108 valence electrons. The van der Waals surface area contributed by atoms with E-state index in [4.69, 9.17) is 5.11 Å². The van der Waals surface area contributed by atoms with E-state index in [-0.39, 0.29) is 16.8 Å². The Labute approximate surface area is 115 Å². The monoisotopic (exact) mass is 281 g/mol. The number of benzene rings is 1. The van der Waals surface area contributed by atoms with Crippen LogP contribution in [0, 0.1) is 10.1 Å². The maximum atomic E-state index is 11.9. The molecule has 0 saturated heterocycles.